The summed E-state index contributed by atoms with van der Waals surface area (Å²) < 4.78 is 19.8. The van der Waals surface area contributed by atoms with Crippen molar-refractivity contribution in [1.82, 2.24) is 14.5 Å². The third-order valence-electron chi connectivity index (χ3n) is 3.32. The highest BCUT2D eigenvalue weighted by Crippen LogP contribution is 2.27. The number of pyridine rings is 1. The van der Waals surface area contributed by atoms with Gasteiger partial charge in [0.15, 0.2) is 5.65 Å². The molecule has 0 aliphatic heterocycles. The number of imidazole rings is 1. The van der Waals surface area contributed by atoms with E-state index in [9.17, 15) is 4.39 Å². The second-order valence-electron chi connectivity index (χ2n) is 4.90. The summed E-state index contributed by atoms with van der Waals surface area (Å²) in [6.45, 7) is 0.323. The predicted octanol–water partition coefficient (Wildman–Crippen LogP) is 3.43. The lowest BCUT2D eigenvalue weighted by Crippen LogP contribution is -1.95. The molecule has 0 saturated heterocycles. The van der Waals surface area contributed by atoms with E-state index in [-0.39, 0.29) is 5.82 Å². The lowest BCUT2D eigenvalue weighted by molar-refractivity contribution is 0.240. The number of hydrogen-bond acceptors (Lipinski definition) is 3. The molecule has 3 rings (SSSR count). The number of aromatic nitrogens is 3. The zero-order valence-corrected chi connectivity index (χ0v) is 13.4. The van der Waals surface area contributed by atoms with Crippen molar-refractivity contribution in [3.8, 4) is 23.2 Å². The van der Waals surface area contributed by atoms with E-state index >= 15 is 0 Å². The van der Waals surface area contributed by atoms with Crippen molar-refractivity contribution >= 4 is 22.8 Å². The highest BCUT2D eigenvalue weighted by molar-refractivity contribution is 6.34. The van der Waals surface area contributed by atoms with Crippen molar-refractivity contribution in [3.63, 3.8) is 0 Å². The predicted molar refractivity (Wildman–Crippen MR) is 87.7 cm³/mol. The molecule has 1 aromatic carbocycles. The number of ether oxygens (including phenoxy) is 1. The van der Waals surface area contributed by atoms with Crippen LogP contribution in [-0.2, 0) is 11.8 Å². The van der Waals surface area contributed by atoms with Crippen LogP contribution in [0.5, 0.6) is 0 Å². The fraction of sp³-hybridized carbons (Fsp3) is 0.176. The molecule has 0 amide bonds. The van der Waals surface area contributed by atoms with E-state index in [0.29, 0.717) is 34.3 Å². The van der Waals surface area contributed by atoms with Gasteiger partial charge in [0, 0.05) is 19.7 Å². The van der Waals surface area contributed by atoms with E-state index in [4.69, 9.17) is 16.3 Å². The third-order valence-corrected chi connectivity index (χ3v) is 3.60. The van der Waals surface area contributed by atoms with Crippen molar-refractivity contribution in [2.75, 3.05) is 13.7 Å². The SMILES string of the molecule is COCC#Cc1cc(Cl)c2nc(-c3ccc(F)cc3)n(C)c2n1. The fourth-order valence-corrected chi connectivity index (χ4v) is 2.46. The maximum atomic E-state index is 13.1. The molecule has 4 nitrogen and oxygen atoms in total. The largest absolute Gasteiger partial charge is 0.372 e. The van der Waals surface area contributed by atoms with Crippen LogP contribution in [-0.4, -0.2) is 28.3 Å². The first kappa shape index (κ1) is 15.5. The van der Waals surface area contributed by atoms with Crippen molar-refractivity contribution in [2.24, 2.45) is 7.05 Å². The van der Waals surface area contributed by atoms with E-state index in [1.165, 1.54) is 12.1 Å². The minimum atomic E-state index is -0.292. The van der Waals surface area contributed by atoms with Crippen molar-refractivity contribution in [2.45, 2.75) is 0 Å². The minimum Gasteiger partial charge on any atom is -0.372 e. The summed E-state index contributed by atoms with van der Waals surface area (Å²) in [5.41, 5.74) is 2.55. The Kier molecular flexibility index (Phi) is 4.28. The van der Waals surface area contributed by atoms with E-state index in [1.54, 1.807) is 25.3 Å². The highest BCUT2D eigenvalue weighted by atomic mass is 35.5. The number of methoxy groups -OCH3 is 1. The average molecular weight is 330 g/mol. The number of aryl methyl sites for hydroxylation is 1. The standard InChI is InChI=1S/C17H13ClFN3O/c1-22-16(11-5-7-12(19)8-6-11)21-15-14(18)10-13(20-17(15)22)4-3-9-23-2/h5-8,10H,9H2,1-2H3. The van der Waals surface area contributed by atoms with E-state index in [2.05, 4.69) is 21.8 Å². The van der Waals surface area contributed by atoms with Crippen LogP contribution in [0, 0.1) is 17.7 Å². The molecule has 2 aromatic heterocycles. The van der Waals surface area contributed by atoms with Crippen LogP contribution in [0.3, 0.4) is 0 Å². The van der Waals surface area contributed by atoms with Gasteiger partial charge in [-0.05, 0) is 36.3 Å². The summed E-state index contributed by atoms with van der Waals surface area (Å²) in [5.74, 6) is 6.11. The van der Waals surface area contributed by atoms with Crippen LogP contribution in [0.4, 0.5) is 4.39 Å². The monoisotopic (exact) mass is 329 g/mol. The number of rotatable bonds is 2. The molecule has 0 spiro atoms. The molecule has 3 aromatic rings. The van der Waals surface area contributed by atoms with Gasteiger partial charge < -0.3 is 9.30 Å². The zero-order valence-electron chi connectivity index (χ0n) is 12.6. The van der Waals surface area contributed by atoms with Crippen LogP contribution in [0.15, 0.2) is 30.3 Å². The van der Waals surface area contributed by atoms with Crippen LogP contribution in [0.1, 0.15) is 5.69 Å². The molecule has 0 saturated carbocycles. The summed E-state index contributed by atoms with van der Waals surface area (Å²) >= 11 is 6.30. The van der Waals surface area contributed by atoms with E-state index in [1.807, 2.05) is 11.6 Å². The first-order valence-electron chi connectivity index (χ1n) is 6.87. The van der Waals surface area contributed by atoms with Gasteiger partial charge >= 0.3 is 0 Å². The van der Waals surface area contributed by atoms with E-state index in [0.717, 1.165) is 5.56 Å². The summed E-state index contributed by atoms with van der Waals surface area (Å²) in [6.07, 6.45) is 0. The first-order valence-corrected chi connectivity index (χ1v) is 7.24. The van der Waals surface area contributed by atoms with Crippen molar-refractivity contribution in [1.29, 1.82) is 0 Å². The highest BCUT2D eigenvalue weighted by Gasteiger charge is 2.14. The Balaban J connectivity index is 2.13. The Bertz CT molecular complexity index is 923. The third kappa shape index (κ3) is 3.04. The Morgan fingerprint density at radius 2 is 2.00 bits per heavy atom. The summed E-state index contributed by atoms with van der Waals surface area (Å²) in [5, 5.41) is 0.473. The molecule has 0 fully saturated rings. The molecule has 0 aliphatic rings. The van der Waals surface area contributed by atoms with Gasteiger partial charge in [0.2, 0.25) is 0 Å². The normalized spacial score (nSPS) is 10.6. The van der Waals surface area contributed by atoms with Gasteiger partial charge in [-0.25, -0.2) is 14.4 Å². The number of fused-ring (bicyclic) bond motifs is 1. The molecule has 0 radical (unpaired) electrons. The Hall–Kier alpha value is -2.42. The Labute approximate surface area is 137 Å². The molecule has 23 heavy (non-hydrogen) atoms. The Morgan fingerprint density at radius 1 is 1.26 bits per heavy atom. The molecule has 0 bridgehead atoms. The zero-order chi connectivity index (χ0) is 16.4. The molecule has 116 valence electrons. The molecule has 0 unspecified atom stereocenters. The van der Waals surface area contributed by atoms with Gasteiger partial charge in [-0.2, -0.15) is 0 Å². The molecule has 6 heteroatoms. The average Bonchev–Trinajstić information content (AvgIpc) is 2.87. The second-order valence-corrected chi connectivity index (χ2v) is 5.30. The van der Waals surface area contributed by atoms with Gasteiger partial charge in [-0.3, -0.25) is 0 Å². The van der Waals surface area contributed by atoms with Gasteiger partial charge in [0.05, 0.1) is 5.02 Å². The quantitative estimate of drug-likeness (QED) is 0.676. The van der Waals surface area contributed by atoms with Crippen LogP contribution < -0.4 is 0 Å². The number of nitrogens with zero attached hydrogens (tertiary/aromatic N) is 3. The van der Waals surface area contributed by atoms with Crippen molar-refractivity contribution in [3.05, 3.63) is 46.9 Å². The van der Waals surface area contributed by atoms with Gasteiger partial charge in [-0.1, -0.05) is 17.5 Å². The molecular weight excluding hydrogens is 317 g/mol. The van der Waals surface area contributed by atoms with Crippen LogP contribution >= 0.6 is 11.6 Å². The lowest BCUT2D eigenvalue weighted by Gasteiger charge is -2.02. The number of hydrogen-bond donors (Lipinski definition) is 0. The van der Waals surface area contributed by atoms with Gasteiger partial charge in [0.1, 0.15) is 29.5 Å². The summed E-state index contributed by atoms with van der Waals surface area (Å²) in [4.78, 5) is 9.01. The fourth-order valence-electron chi connectivity index (χ4n) is 2.23. The first-order chi connectivity index (χ1) is 11.1. The molecule has 0 N–H and O–H groups in total. The molecule has 2 heterocycles. The van der Waals surface area contributed by atoms with Gasteiger partial charge in [-0.15, -0.1) is 0 Å². The summed E-state index contributed by atoms with van der Waals surface area (Å²) in [6, 6.07) is 7.80. The maximum Gasteiger partial charge on any atom is 0.163 e. The maximum absolute atomic E-state index is 13.1. The molecular formula is C17H13ClFN3O. The topological polar surface area (TPSA) is 39.9 Å². The lowest BCUT2D eigenvalue weighted by atomic mass is 10.2. The molecule has 0 aliphatic carbocycles. The summed E-state index contributed by atoms with van der Waals surface area (Å²) in [7, 11) is 3.41. The number of benzene rings is 1. The van der Waals surface area contributed by atoms with E-state index < -0.39 is 0 Å². The number of halogens is 2. The second kappa shape index (κ2) is 6.37. The van der Waals surface area contributed by atoms with Crippen LogP contribution in [0.25, 0.3) is 22.6 Å². The smallest absolute Gasteiger partial charge is 0.163 e. The van der Waals surface area contributed by atoms with Crippen molar-refractivity contribution < 1.29 is 9.13 Å². The minimum absolute atomic E-state index is 0.292. The Morgan fingerprint density at radius 3 is 2.70 bits per heavy atom. The van der Waals surface area contributed by atoms with Gasteiger partial charge in [0.25, 0.3) is 0 Å². The molecule has 0 atom stereocenters. The van der Waals surface area contributed by atoms with Crippen LogP contribution in [0.2, 0.25) is 5.02 Å².